The number of hydrogen-bond acceptors (Lipinski definition) is 0. The van der Waals surface area contributed by atoms with Crippen molar-refractivity contribution in [1.82, 2.24) is 0 Å². The molecule has 0 spiro atoms. The van der Waals surface area contributed by atoms with Crippen molar-refractivity contribution in [3.63, 3.8) is 0 Å². The molecule has 0 heteroatoms. The maximum Gasteiger partial charge on any atom is 0.0203 e. The number of unbranched alkanes of at least 4 members (excludes halogenated alkanes) is 1. The smallest absolute Gasteiger partial charge is 0.0203 e. The zero-order valence-electron chi connectivity index (χ0n) is 10.1. The second kappa shape index (κ2) is 7.57. The van der Waals surface area contributed by atoms with Crippen molar-refractivity contribution in [3.8, 4) is 11.8 Å². The van der Waals surface area contributed by atoms with Crippen LogP contribution in [-0.4, -0.2) is 0 Å². The van der Waals surface area contributed by atoms with E-state index in [0.717, 1.165) is 6.42 Å². The Labute approximate surface area is 95.2 Å². The van der Waals surface area contributed by atoms with E-state index in [4.69, 9.17) is 0 Å². The lowest BCUT2D eigenvalue weighted by Gasteiger charge is -2.12. The molecule has 1 rings (SSSR count). The van der Waals surface area contributed by atoms with Crippen LogP contribution in [0.15, 0.2) is 12.2 Å². The molecule has 0 aliphatic heterocycles. The molecule has 1 aliphatic carbocycles. The Hall–Kier alpha value is -0.700. The van der Waals surface area contributed by atoms with Gasteiger partial charge in [0.15, 0.2) is 0 Å². The normalized spacial score (nSPS) is 23.0. The fourth-order valence-electron chi connectivity index (χ4n) is 2.11. The monoisotopic (exact) mass is 204 g/mol. The first-order valence-electron chi connectivity index (χ1n) is 6.48. The summed E-state index contributed by atoms with van der Waals surface area (Å²) in [5.74, 6) is 7.47. The number of rotatable bonds is 3. The van der Waals surface area contributed by atoms with Crippen LogP contribution in [0.5, 0.6) is 0 Å². The van der Waals surface area contributed by atoms with Crippen LogP contribution in [-0.2, 0) is 0 Å². The molecule has 1 atom stereocenters. The third kappa shape index (κ3) is 5.67. The Morgan fingerprint density at radius 1 is 1.33 bits per heavy atom. The van der Waals surface area contributed by atoms with Gasteiger partial charge in [0, 0.05) is 12.3 Å². The zero-order valence-corrected chi connectivity index (χ0v) is 10.1. The van der Waals surface area contributed by atoms with Crippen molar-refractivity contribution in [2.45, 2.75) is 64.7 Å². The van der Waals surface area contributed by atoms with Crippen molar-refractivity contribution in [2.75, 3.05) is 0 Å². The van der Waals surface area contributed by atoms with Crippen LogP contribution < -0.4 is 0 Å². The van der Waals surface area contributed by atoms with Gasteiger partial charge in [-0.05, 0) is 38.5 Å². The lowest BCUT2D eigenvalue weighted by Crippen LogP contribution is -1.99. The summed E-state index contributed by atoms with van der Waals surface area (Å²) in [5.41, 5.74) is 1.44. The molecular weight excluding hydrogens is 180 g/mol. The summed E-state index contributed by atoms with van der Waals surface area (Å²) in [6.07, 6.45) is 11.2. The maximum absolute atomic E-state index is 4.13. The summed E-state index contributed by atoms with van der Waals surface area (Å²) in [6, 6.07) is 0. The fourth-order valence-corrected chi connectivity index (χ4v) is 2.11. The molecule has 0 amide bonds. The largest absolute Gasteiger partial charge is 0.103 e. The van der Waals surface area contributed by atoms with Crippen molar-refractivity contribution in [2.24, 2.45) is 5.92 Å². The molecule has 0 aromatic rings. The first-order chi connectivity index (χ1) is 7.33. The van der Waals surface area contributed by atoms with E-state index < -0.39 is 0 Å². The SMILES string of the molecule is C=C1CCCC#CC(CCCC)CCC1. The molecule has 0 fully saturated rings. The predicted octanol–water partition coefficient (Wildman–Crippen LogP) is 4.71. The molecule has 0 heterocycles. The van der Waals surface area contributed by atoms with Crippen LogP contribution in [0.2, 0.25) is 0 Å². The number of hydrogen-bond donors (Lipinski definition) is 0. The highest BCUT2D eigenvalue weighted by molar-refractivity contribution is 5.06. The summed E-state index contributed by atoms with van der Waals surface area (Å²) in [7, 11) is 0. The molecule has 0 aromatic carbocycles. The van der Waals surface area contributed by atoms with Crippen LogP contribution in [0.25, 0.3) is 0 Å². The molecule has 0 aromatic heterocycles. The van der Waals surface area contributed by atoms with Crippen LogP contribution in [0.3, 0.4) is 0 Å². The lowest BCUT2D eigenvalue weighted by atomic mass is 9.93. The summed E-state index contributed by atoms with van der Waals surface area (Å²) >= 11 is 0. The minimum absolute atomic E-state index is 0.663. The van der Waals surface area contributed by atoms with E-state index in [2.05, 4.69) is 25.3 Å². The fraction of sp³-hybridized carbons (Fsp3) is 0.733. The molecule has 84 valence electrons. The average molecular weight is 204 g/mol. The molecular formula is C15H24. The Bertz CT molecular complexity index is 238. The molecule has 15 heavy (non-hydrogen) atoms. The van der Waals surface area contributed by atoms with Gasteiger partial charge < -0.3 is 0 Å². The Morgan fingerprint density at radius 3 is 2.93 bits per heavy atom. The maximum atomic E-state index is 4.13. The first kappa shape index (κ1) is 12.4. The lowest BCUT2D eigenvalue weighted by molar-refractivity contribution is 0.509. The van der Waals surface area contributed by atoms with Gasteiger partial charge in [0.05, 0.1) is 0 Å². The third-order valence-electron chi connectivity index (χ3n) is 3.13. The van der Waals surface area contributed by atoms with Gasteiger partial charge in [-0.1, -0.05) is 37.8 Å². The summed E-state index contributed by atoms with van der Waals surface area (Å²) in [6.45, 7) is 6.39. The molecule has 0 saturated heterocycles. The van der Waals surface area contributed by atoms with E-state index in [1.54, 1.807) is 0 Å². The van der Waals surface area contributed by atoms with Gasteiger partial charge in [0.25, 0.3) is 0 Å². The standard InChI is InChI=1S/C15H24/c1-3-4-11-15-12-7-5-6-9-14(2)10-8-13-15/h15H,2-6,8-11,13H2,1H3. The Kier molecular flexibility index (Phi) is 6.25. The second-order valence-corrected chi connectivity index (χ2v) is 4.66. The van der Waals surface area contributed by atoms with E-state index in [-0.39, 0.29) is 0 Å². The Balaban J connectivity index is 2.41. The molecule has 0 nitrogen and oxygen atoms in total. The van der Waals surface area contributed by atoms with Crippen LogP contribution in [0, 0.1) is 17.8 Å². The average Bonchev–Trinajstić information content (AvgIpc) is 2.24. The summed E-state index contributed by atoms with van der Waals surface area (Å²) < 4.78 is 0. The second-order valence-electron chi connectivity index (χ2n) is 4.66. The minimum atomic E-state index is 0.663. The Morgan fingerprint density at radius 2 is 2.13 bits per heavy atom. The van der Waals surface area contributed by atoms with Crippen LogP contribution in [0.4, 0.5) is 0 Å². The highest BCUT2D eigenvalue weighted by Crippen LogP contribution is 2.20. The van der Waals surface area contributed by atoms with Gasteiger partial charge in [0.1, 0.15) is 0 Å². The van der Waals surface area contributed by atoms with Crippen molar-refractivity contribution in [1.29, 1.82) is 0 Å². The van der Waals surface area contributed by atoms with E-state index in [9.17, 15) is 0 Å². The highest BCUT2D eigenvalue weighted by atomic mass is 14.1. The summed E-state index contributed by atoms with van der Waals surface area (Å²) in [5, 5.41) is 0. The first-order valence-corrected chi connectivity index (χ1v) is 6.48. The van der Waals surface area contributed by atoms with Crippen LogP contribution >= 0.6 is 0 Å². The highest BCUT2D eigenvalue weighted by Gasteiger charge is 2.06. The van der Waals surface area contributed by atoms with Gasteiger partial charge >= 0.3 is 0 Å². The predicted molar refractivity (Wildman–Crippen MR) is 67.6 cm³/mol. The minimum Gasteiger partial charge on any atom is -0.103 e. The number of allylic oxidation sites excluding steroid dienone is 1. The van der Waals surface area contributed by atoms with E-state index >= 15 is 0 Å². The molecule has 1 unspecified atom stereocenters. The molecule has 0 radical (unpaired) electrons. The van der Waals surface area contributed by atoms with Gasteiger partial charge in [-0.25, -0.2) is 0 Å². The van der Waals surface area contributed by atoms with Gasteiger partial charge in [-0.3, -0.25) is 0 Å². The van der Waals surface area contributed by atoms with Crippen molar-refractivity contribution in [3.05, 3.63) is 12.2 Å². The molecule has 0 bridgehead atoms. The van der Waals surface area contributed by atoms with Gasteiger partial charge in [0.2, 0.25) is 0 Å². The summed E-state index contributed by atoms with van der Waals surface area (Å²) in [4.78, 5) is 0. The van der Waals surface area contributed by atoms with Gasteiger partial charge in [-0.15, -0.1) is 5.92 Å². The topological polar surface area (TPSA) is 0 Å². The quantitative estimate of drug-likeness (QED) is 0.461. The van der Waals surface area contributed by atoms with Crippen molar-refractivity contribution < 1.29 is 0 Å². The van der Waals surface area contributed by atoms with E-state index in [0.29, 0.717) is 5.92 Å². The van der Waals surface area contributed by atoms with Crippen molar-refractivity contribution >= 4 is 0 Å². The van der Waals surface area contributed by atoms with Crippen LogP contribution in [0.1, 0.15) is 64.7 Å². The molecule has 0 N–H and O–H groups in total. The molecule has 0 saturated carbocycles. The van der Waals surface area contributed by atoms with Gasteiger partial charge in [-0.2, -0.15) is 0 Å². The van der Waals surface area contributed by atoms with E-state index in [1.807, 2.05) is 0 Å². The zero-order chi connectivity index (χ0) is 10.9. The van der Waals surface area contributed by atoms with E-state index in [1.165, 1.54) is 56.9 Å². The molecule has 1 aliphatic rings. The third-order valence-corrected chi connectivity index (χ3v) is 3.13.